The van der Waals surface area contributed by atoms with Crippen LogP contribution in [0, 0.1) is 6.92 Å². The minimum Gasteiger partial charge on any atom is -0.397 e. The minimum absolute atomic E-state index is 0.406. The third kappa shape index (κ3) is 4.85. The molecular weight excluding hydrogens is 340 g/mol. The number of carbonyl (C=O) groups excluding carboxylic acids is 2. The second kappa shape index (κ2) is 8.05. The highest BCUT2D eigenvalue weighted by molar-refractivity contribution is 6.43. The summed E-state index contributed by atoms with van der Waals surface area (Å²) in [4.78, 5) is 24.2. The van der Waals surface area contributed by atoms with Gasteiger partial charge in [0.25, 0.3) is 0 Å². The van der Waals surface area contributed by atoms with Crippen LogP contribution in [0.5, 0.6) is 0 Å². The van der Waals surface area contributed by atoms with Crippen LogP contribution < -0.4 is 21.7 Å². The highest BCUT2D eigenvalue weighted by Gasteiger charge is 2.15. The molecule has 3 aromatic rings. The molecule has 27 heavy (non-hydrogen) atoms. The molecule has 0 saturated heterocycles. The number of benzene rings is 3. The fourth-order valence-electron chi connectivity index (χ4n) is 2.49. The van der Waals surface area contributed by atoms with Gasteiger partial charge in [-0.2, -0.15) is 0 Å². The van der Waals surface area contributed by atoms with Crippen LogP contribution >= 0.6 is 0 Å². The van der Waals surface area contributed by atoms with E-state index in [1.807, 2.05) is 55.5 Å². The molecule has 0 spiro atoms. The number of aryl methyl sites for hydroxylation is 1. The number of anilines is 5. The van der Waals surface area contributed by atoms with Gasteiger partial charge >= 0.3 is 11.8 Å². The molecule has 6 nitrogen and oxygen atoms in total. The van der Waals surface area contributed by atoms with Crippen LogP contribution in [-0.4, -0.2) is 11.8 Å². The number of nitrogens with two attached hydrogens (primary N) is 1. The van der Waals surface area contributed by atoms with Crippen LogP contribution in [0.1, 0.15) is 5.56 Å². The van der Waals surface area contributed by atoms with Gasteiger partial charge in [-0.1, -0.05) is 24.3 Å². The van der Waals surface area contributed by atoms with Crippen molar-refractivity contribution in [3.63, 3.8) is 0 Å². The van der Waals surface area contributed by atoms with Crippen molar-refractivity contribution in [2.75, 3.05) is 21.7 Å². The molecule has 0 unspecified atom stereocenters. The van der Waals surface area contributed by atoms with E-state index in [2.05, 4.69) is 16.0 Å². The number of para-hydroxylation sites is 1. The number of nitrogens with one attached hydrogen (secondary N) is 3. The number of nitrogen functional groups attached to an aromatic ring is 1. The van der Waals surface area contributed by atoms with Crippen molar-refractivity contribution in [1.82, 2.24) is 0 Å². The molecule has 0 fully saturated rings. The van der Waals surface area contributed by atoms with Crippen LogP contribution in [0.4, 0.5) is 28.4 Å². The predicted molar refractivity (Wildman–Crippen MR) is 109 cm³/mol. The van der Waals surface area contributed by atoms with Gasteiger partial charge in [0, 0.05) is 17.1 Å². The lowest BCUT2D eigenvalue weighted by Crippen LogP contribution is -2.29. The molecule has 0 radical (unpaired) electrons. The quantitative estimate of drug-likeness (QED) is 0.419. The van der Waals surface area contributed by atoms with E-state index in [-0.39, 0.29) is 0 Å². The molecule has 5 N–H and O–H groups in total. The number of hydrogen-bond acceptors (Lipinski definition) is 4. The Balaban J connectivity index is 1.59. The molecule has 3 rings (SSSR count). The fourth-order valence-corrected chi connectivity index (χ4v) is 2.49. The molecule has 0 bridgehead atoms. The zero-order valence-corrected chi connectivity index (χ0v) is 14.8. The molecule has 2 amide bonds. The van der Waals surface area contributed by atoms with Crippen molar-refractivity contribution >= 4 is 40.3 Å². The monoisotopic (exact) mass is 360 g/mol. The van der Waals surface area contributed by atoms with Gasteiger partial charge in [-0.25, -0.2) is 0 Å². The molecule has 0 aliphatic rings. The second-order valence-electron chi connectivity index (χ2n) is 6.07. The van der Waals surface area contributed by atoms with Gasteiger partial charge < -0.3 is 21.7 Å². The maximum Gasteiger partial charge on any atom is 0.314 e. The van der Waals surface area contributed by atoms with E-state index >= 15 is 0 Å². The van der Waals surface area contributed by atoms with Gasteiger partial charge in [0.05, 0.1) is 11.4 Å². The van der Waals surface area contributed by atoms with Gasteiger partial charge in [0.2, 0.25) is 0 Å². The van der Waals surface area contributed by atoms with Gasteiger partial charge in [-0.3, -0.25) is 9.59 Å². The standard InChI is InChI=1S/C21H20N4O2/c1-14-7-12-19(18(22)13-14)25-21(27)20(26)24-17-10-8-16(9-11-17)23-15-5-3-2-4-6-15/h2-13,23H,22H2,1H3,(H,24,26)(H,25,27). The SMILES string of the molecule is Cc1ccc(NC(=O)C(=O)Nc2ccc(Nc3ccccc3)cc2)c(N)c1. The van der Waals surface area contributed by atoms with E-state index in [0.717, 1.165) is 16.9 Å². The molecule has 0 saturated carbocycles. The van der Waals surface area contributed by atoms with E-state index in [4.69, 9.17) is 5.73 Å². The van der Waals surface area contributed by atoms with Gasteiger partial charge in [0.15, 0.2) is 0 Å². The van der Waals surface area contributed by atoms with Crippen LogP contribution in [0.3, 0.4) is 0 Å². The lowest BCUT2D eigenvalue weighted by molar-refractivity contribution is -0.132. The molecule has 0 aliphatic heterocycles. The number of carbonyl (C=O) groups is 2. The summed E-state index contributed by atoms with van der Waals surface area (Å²) < 4.78 is 0. The number of amides is 2. The fraction of sp³-hybridized carbons (Fsp3) is 0.0476. The lowest BCUT2D eigenvalue weighted by atomic mass is 10.2. The molecule has 0 atom stereocenters. The van der Waals surface area contributed by atoms with Gasteiger partial charge in [-0.05, 0) is 61.0 Å². The Labute approximate surface area is 157 Å². The molecule has 0 heterocycles. The summed E-state index contributed by atoms with van der Waals surface area (Å²) in [6, 6.07) is 22.0. The minimum atomic E-state index is -0.781. The van der Waals surface area contributed by atoms with Crippen molar-refractivity contribution in [2.45, 2.75) is 6.92 Å². The van der Waals surface area contributed by atoms with Crippen LogP contribution in [0.15, 0.2) is 72.8 Å². The Hall–Kier alpha value is -3.80. The van der Waals surface area contributed by atoms with Crippen molar-refractivity contribution < 1.29 is 9.59 Å². The summed E-state index contributed by atoms with van der Waals surface area (Å²) in [6.07, 6.45) is 0. The first-order chi connectivity index (χ1) is 13.0. The molecule has 6 heteroatoms. The summed E-state index contributed by atoms with van der Waals surface area (Å²) in [5.41, 5.74) is 9.99. The third-order valence-corrected chi connectivity index (χ3v) is 3.87. The average Bonchev–Trinajstić information content (AvgIpc) is 2.66. The number of rotatable bonds is 4. The maximum absolute atomic E-state index is 12.1. The smallest absolute Gasteiger partial charge is 0.314 e. The van der Waals surface area contributed by atoms with E-state index in [1.165, 1.54) is 0 Å². The summed E-state index contributed by atoms with van der Waals surface area (Å²) in [5.74, 6) is -1.55. The third-order valence-electron chi connectivity index (χ3n) is 3.87. The zero-order chi connectivity index (χ0) is 19.2. The molecule has 3 aromatic carbocycles. The lowest BCUT2D eigenvalue weighted by Gasteiger charge is -2.10. The van der Waals surface area contributed by atoms with Crippen LogP contribution in [-0.2, 0) is 9.59 Å². The van der Waals surface area contributed by atoms with Crippen molar-refractivity contribution in [2.24, 2.45) is 0 Å². The Bertz CT molecular complexity index is 954. The van der Waals surface area contributed by atoms with Crippen molar-refractivity contribution in [3.05, 3.63) is 78.4 Å². The first kappa shape index (κ1) is 18.0. The molecule has 0 aromatic heterocycles. The number of hydrogen-bond donors (Lipinski definition) is 4. The van der Waals surface area contributed by atoms with Crippen LogP contribution in [0.25, 0.3) is 0 Å². The molecule has 0 aliphatic carbocycles. The van der Waals surface area contributed by atoms with E-state index in [9.17, 15) is 9.59 Å². The van der Waals surface area contributed by atoms with E-state index in [0.29, 0.717) is 17.1 Å². The highest BCUT2D eigenvalue weighted by Crippen LogP contribution is 2.20. The largest absolute Gasteiger partial charge is 0.397 e. The van der Waals surface area contributed by atoms with Gasteiger partial charge in [0.1, 0.15) is 0 Å². The Morgan fingerprint density at radius 2 is 1.33 bits per heavy atom. The van der Waals surface area contributed by atoms with Crippen molar-refractivity contribution in [1.29, 1.82) is 0 Å². The maximum atomic E-state index is 12.1. The Kier molecular flexibility index (Phi) is 5.37. The van der Waals surface area contributed by atoms with E-state index in [1.54, 1.807) is 24.3 Å². The normalized spacial score (nSPS) is 10.1. The first-order valence-electron chi connectivity index (χ1n) is 8.42. The molecule has 136 valence electrons. The topological polar surface area (TPSA) is 96.2 Å². The van der Waals surface area contributed by atoms with E-state index < -0.39 is 11.8 Å². The highest BCUT2D eigenvalue weighted by atomic mass is 16.2. The predicted octanol–water partition coefficient (Wildman–Crippen LogP) is 3.90. The zero-order valence-electron chi connectivity index (χ0n) is 14.8. The second-order valence-corrected chi connectivity index (χ2v) is 6.07. The van der Waals surface area contributed by atoms with Crippen LogP contribution in [0.2, 0.25) is 0 Å². The Morgan fingerprint density at radius 3 is 2.00 bits per heavy atom. The summed E-state index contributed by atoms with van der Waals surface area (Å²) in [5, 5.41) is 8.32. The summed E-state index contributed by atoms with van der Waals surface area (Å²) in [7, 11) is 0. The summed E-state index contributed by atoms with van der Waals surface area (Å²) >= 11 is 0. The molecular formula is C21H20N4O2. The van der Waals surface area contributed by atoms with Gasteiger partial charge in [-0.15, -0.1) is 0 Å². The summed E-state index contributed by atoms with van der Waals surface area (Å²) in [6.45, 7) is 1.89. The Morgan fingerprint density at radius 1 is 0.741 bits per heavy atom. The first-order valence-corrected chi connectivity index (χ1v) is 8.42. The van der Waals surface area contributed by atoms with Crippen molar-refractivity contribution in [3.8, 4) is 0 Å². The average molecular weight is 360 g/mol.